The number of hydrogen-bond acceptors (Lipinski definition) is 4. The molecule has 136 valence electrons. The molecule has 0 aliphatic heterocycles. The second-order valence-electron chi connectivity index (χ2n) is 6.31. The average Bonchev–Trinajstić information content (AvgIpc) is 3.02. The molecule has 0 bridgehead atoms. The van der Waals surface area contributed by atoms with Gasteiger partial charge in [-0.05, 0) is 36.8 Å². The zero-order valence-electron chi connectivity index (χ0n) is 14.7. The van der Waals surface area contributed by atoms with Crippen LogP contribution in [0.25, 0.3) is 11.0 Å². The van der Waals surface area contributed by atoms with E-state index in [2.05, 4.69) is 10.3 Å². The molecule has 0 aliphatic carbocycles. The number of hydrogen-bond donors (Lipinski definition) is 1. The van der Waals surface area contributed by atoms with Crippen molar-refractivity contribution in [3.63, 3.8) is 0 Å². The lowest BCUT2D eigenvalue weighted by atomic mass is 10.1. The second kappa shape index (κ2) is 7.29. The molecule has 1 atom stereocenters. The number of aromatic nitrogens is 2. The molecule has 3 aromatic rings. The van der Waals surface area contributed by atoms with Crippen molar-refractivity contribution in [3.05, 3.63) is 60.4 Å². The summed E-state index contributed by atoms with van der Waals surface area (Å²) < 4.78 is 25.0. The lowest BCUT2D eigenvalue weighted by Crippen LogP contribution is -2.27. The minimum absolute atomic E-state index is 0.0672. The van der Waals surface area contributed by atoms with Crippen molar-refractivity contribution in [1.29, 1.82) is 0 Å². The van der Waals surface area contributed by atoms with Gasteiger partial charge in [0.15, 0.2) is 9.84 Å². The molecule has 1 aromatic heterocycles. The van der Waals surface area contributed by atoms with Gasteiger partial charge < -0.3 is 9.88 Å². The number of nitrogens with zero attached hydrogens (tertiary/aromatic N) is 2. The third kappa shape index (κ3) is 4.11. The zero-order chi connectivity index (χ0) is 18.7. The van der Waals surface area contributed by atoms with Gasteiger partial charge in [-0.2, -0.15) is 0 Å². The van der Waals surface area contributed by atoms with Crippen LogP contribution < -0.4 is 5.32 Å². The first kappa shape index (κ1) is 18.1. The number of imidazole rings is 1. The van der Waals surface area contributed by atoms with Gasteiger partial charge in [-0.15, -0.1) is 0 Å². The molecule has 26 heavy (non-hydrogen) atoms. The predicted octanol–water partition coefficient (Wildman–Crippen LogP) is 2.71. The third-order valence-electron chi connectivity index (χ3n) is 4.29. The highest BCUT2D eigenvalue weighted by molar-refractivity contribution is 7.90. The largest absolute Gasteiger partial charge is 0.350 e. The number of carbonyl (C=O) groups excluding carboxylic acids is 1. The summed E-state index contributed by atoms with van der Waals surface area (Å²) in [5.74, 6) is -0.0672. The maximum atomic E-state index is 12.2. The van der Waals surface area contributed by atoms with Crippen LogP contribution in [0.15, 0.2) is 59.8 Å². The van der Waals surface area contributed by atoms with E-state index in [0.717, 1.165) is 16.6 Å². The van der Waals surface area contributed by atoms with Gasteiger partial charge in [-0.25, -0.2) is 13.4 Å². The van der Waals surface area contributed by atoms with Crippen molar-refractivity contribution in [3.8, 4) is 0 Å². The van der Waals surface area contributed by atoms with E-state index in [1.807, 2.05) is 35.8 Å². The molecule has 0 radical (unpaired) electrons. The van der Waals surface area contributed by atoms with Crippen molar-refractivity contribution in [2.24, 2.45) is 0 Å². The Balaban J connectivity index is 1.59. The van der Waals surface area contributed by atoms with Crippen molar-refractivity contribution in [1.82, 2.24) is 14.9 Å². The number of aryl methyl sites for hydroxylation is 1. The number of sulfone groups is 1. The molecule has 7 heteroatoms. The summed E-state index contributed by atoms with van der Waals surface area (Å²) in [6, 6.07) is 14.2. The zero-order valence-corrected chi connectivity index (χ0v) is 15.5. The maximum absolute atomic E-state index is 12.2. The molecule has 1 amide bonds. The van der Waals surface area contributed by atoms with E-state index < -0.39 is 9.84 Å². The number of benzene rings is 2. The fourth-order valence-electron chi connectivity index (χ4n) is 2.81. The molecular weight excluding hydrogens is 350 g/mol. The molecule has 0 fully saturated rings. The smallest absolute Gasteiger partial charge is 0.222 e. The number of carbonyl (C=O) groups is 1. The fourth-order valence-corrected chi connectivity index (χ4v) is 3.44. The van der Waals surface area contributed by atoms with Crippen LogP contribution in [0.2, 0.25) is 0 Å². The predicted molar refractivity (Wildman–Crippen MR) is 100 cm³/mol. The van der Waals surface area contributed by atoms with Gasteiger partial charge in [0.1, 0.15) is 0 Å². The van der Waals surface area contributed by atoms with Gasteiger partial charge in [-0.3, -0.25) is 4.79 Å². The Morgan fingerprint density at radius 2 is 1.85 bits per heavy atom. The van der Waals surface area contributed by atoms with E-state index in [9.17, 15) is 13.2 Å². The van der Waals surface area contributed by atoms with Gasteiger partial charge in [0.25, 0.3) is 0 Å². The molecule has 2 aromatic carbocycles. The monoisotopic (exact) mass is 371 g/mol. The van der Waals surface area contributed by atoms with Gasteiger partial charge in [0, 0.05) is 19.2 Å². The highest BCUT2D eigenvalue weighted by Gasteiger charge is 2.12. The first-order valence-corrected chi connectivity index (χ1v) is 10.2. The molecule has 0 unspecified atom stereocenters. The first-order chi connectivity index (χ1) is 12.3. The highest BCUT2D eigenvalue weighted by Crippen LogP contribution is 2.17. The molecule has 3 rings (SSSR count). The first-order valence-electron chi connectivity index (χ1n) is 8.34. The van der Waals surface area contributed by atoms with Crippen LogP contribution in [0, 0.1) is 0 Å². The normalized spacial score (nSPS) is 12.8. The molecule has 1 heterocycles. The Bertz CT molecular complexity index is 1020. The van der Waals surface area contributed by atoms with Crippen LogP contribution in [0.5, 0.6) is 0 Å². The molecule has 0 saturated heterocycles. The van der Waals surface area contributed by atoms with Crippen LogP contribution in [0.1, 0.15) is 24.9 Å². The van der Waals surface area contributed by atoms with Gasteiger partial charge in [0.2, 0.25) is 5.91 Å². The quantitative estimate of drug-likeness (QED) is 0.722. The highest BCUT2D eigenvalue weighted by atomic mass is 32.2. The maximum Gasteiger partial charge on any atom is 0.222 e. The number of para-hydroxylation sites is 2. The Morgan fingerprint density at radius 1 is 1.15 bits per heavy atom. The van der Waals surface area contributed by atoms with Crippen molar-refractivity contribution < 1.29 is 13.2 Å². The van der Waals surface area contributed by atoms with Crippen LogP contribution in [0.4, 0.5) is 0 Å². The molecule has 1 N–H and O–H groups in total. The van der Waals surface area contributed by atoms with Crippen LogP contribution in [-0.2, 0) is 21.2 Å². The van der Waals surface area contributed by atoms with Crippen molar-refractivity contribution in [2.45, 2.75) is 30.8 Å². The number of fused-ring (bicyclic) bond motifs is 1. The Kier molecular flexibility index (Phi) is 5.08. The van der Waals surface area contributed by atoms with E-state index in [4.69, 9.17) is 0 Å². The standard InChI is InChI=1S/C19H21N3O3S/c1-14(15-7-9-16(10-8-15)26(2,24)25)21-19(23)11-12-22-13-20-17-5-3-4-6-18(17)22/h3-10,13-14H,11-12H2,1-2H3,(H,21,23)/t14-/m0/s1. The van der Waals surface area contributed by atoms with Gasteiger partial charge in [0.05, 0.1) is 28.3 Å². The molecule has 6 nitrogen and oxygen atoms in total. The topological polar surface area (TPSA) is 81.1 Å². The minimum atomic E-state index is -3.22. The summed E-state index contributed by atoms with van der Waals surface area (Å²) in [6.45, 7) is 2.42. The summed E-state index contributed by atoms with van der Waals surface area (Å²) in [4.78, 5) is 16.8. The fraction of sp³-hybridized carbons (Fsp3) is 0.263. The van der Waals surface area contributed by atoms with Gasteiger partial charge in [-0.1, -0.05) is 24.3 Å². The summed E-state index contributed by atoms with van der Waals surface area (Å²) in [5.41, 5.74) is 2.77. The summed E-state index contributed by atoms with van der Waals surface area (Å²) >= 11 is 0. The summed E-state index contributed by atoms with van der Waals surface area (Å²) in [6.07, 6.45) is 3.25. The van der Waals surface area contributed by atoms with E-state index in [1.54, 1.807) is 30.6 Å². The Hall–Kier alpha value is -2.67. The van der Waals surface area contributed by atoms with Crippen LogP contribution in [-0.4, -0.2) is 30.1 Å². The lowest BCUT2D eigenvalue weighted by molar-refractivity contribution is -0.121. The van der Waals surface area contributed by atoms with E-state index in [-0.39, 0.29) is 16.8 Å². The van der Waals surface area contributed by atoms with Crippen LogP contribution >= 0.6 is 0 Å². The van der Waals surface area contributed by atoms with Crippen molar-refractivity contribution in [2.75, 3.05) is 6.26 Å². The third-order valence-corrected chi connectivity index (χ3v) is 5.42. The van der Waals surface area contributed by atoms with Crippen molar-refractivity contribution >= 4 is 26.8 Å². The molecule has 0 spiro atoms. The average molecular weight is 371 g/mol. The van der Waals surface area contributed by atoms with Crippen LogP contribution in [0.3, 0.4) is 0 Å². The number of rotatable bonds is 6. The number of nitrogens with one attached hydrogen (secondary N) is 1. The molecule has 0 saturated carbocycles. The molecule has 0 aliphatic rings. The summed E-state index contributed by atoms with van der Waals surface area (Å²) in [7, 11) is -3.22. The number of amides is 1. The molecular formula is C19H21N3O3S. The van der Waals surface area contributed by atoms with E-state index >= 15 is 0 Å². The lowest BCUT2D eigenvalue weighted by Gasteiger charge is -2.15. The SMILES string of the molecule is C[C@H](NC(=O)CCn1cnc2ccccc21)c1ccc(S(C)(=O)=O)cc1. The minimum Gasteiger partial charge on any atom is -0.350 e. The van der Waals surface area contributed by atoms with E-state index in [1.165, 1.54) is 6.26 Å². The van der Waals surface area contributed by atoms with Gasteiger partial charge >= 0.3 is 0 Å². The van der Waals surface area contributed by atoms with E-state index in [0.29, 0.717) is 13.0 Å². The second-order valence-corrected chi connectivity index (χ2v) is 8.32. The Labute approximate surface area is 152 Å². The Morgan fingerprint density at radius 3 is 2.54 bits per heavy atom. The summed E-state index contributed by atoms with van der Waals surface area (Å²) in [5, 5.41) is 2.94.